The standard InChI is InChI=1S/C26H27FO5/c1-15(2)20-6-5-7-21-25(17-8-10-22(27)16(3)12-17)23(32-26(20)21)11-9-18(28)13-19(29)14-24(30)31-4/h5-12,15,19,29H,13-14H2,1-4H3. The van der Waals surface area contributed by atoms with Crippen LogP contribution in [-0.2, 0) is 14.3 Å². The zero-order valence-corrected chi connectivity index (χ0v) is 18.6. The van der Waals surface area contributed by atoms with E-state index >= 15 is 0 Å². The number of aliphatic hydroxyl groups is 1. The third kappa shape index (κ3) is 5.14. The van der Waals surface area contributed by atoms with E-state index in [9.17, 15) is 19.1 Å². The van der Waals surface area contributed by atoms with Gasteiger partial charge in [0.05, 0.1) is 19.6 Å². The molecule has 2 aromatic carbocycles. The van der Waals surface area contributed by atoms with Crippen molar-refractivity contribution in [3.8, 4) is 11.1 Å². The van der Waals surface area contributed by atoms with Crippen LogP contribution >= 0.6 is 0 Å². The van der Waals surface area contributed by atoms with Crippen molar-refractivity contribution in [2.24, 2.45) is 0 Å². The number of benzene rings is 2. The molecule has 0 spiro atoms. The Morgan fingerprint density at radius 1 is 1.19 bits per heavy atom. The lowest BCUT2D eigenvalue weighted by Gasteiger charge is -2.06. The quantitative estimate of drug-likeness (QED) is 0.368. The number of esters is 1. The molecule has 0 amide bonds. The first-order valence-electron chi connectivity index (χ1n) is 10.5. The van der Waals surface area contributed by atoms with Gasteiger partial charge in [0, 0.05) is 17.4 Å². The maximum atomic E-state index is 13.9. The summed E-state index contributed by atoms with van der Waals surface area (Å²) in [5.74, 6) is -0.542. The van der Waals surface area contributed by atoms with E-state index < -0.39 is 12.1 Å². The predicted octanol–water partition coefficient (Wildman–Crippen LogP) is 5.57. The van der Waals surface area contributed by atoms with Gasteiger partial charge in [-0.1, -0.05) is 38.1 Å². The maximum Gasteiger partial charge on any atom is 0.308 e. The van der Waals surface area contributed by atoms with Gasteiger partial charge in [-0.2, -0.15) is 0 Å². The zero-order valence-electron chi connectivity index (χ0n) is 18.6. The fourth-order valence-electron chi connectivity index (χ4n) is 3.65. The van der Waals surface area contributed by atoms with Crippen molar-refractivity contribution in [2.75, 3.05) is 7.11 Å². The van der Waals surface area contributed by atoms with E-state index in [1.165, 1.54) is 19.3 Å². The maximum absolute atomic E-state index is 13.9. The third-order valence-corrected chi connectivity index (χ3v) is 5.33. The molecular formula is C26H27FO5. The monoisotopic (exact) mass is 438 g/mol. The van der Waals surface area contributed by atoms with Crippen molar-refractivity contribution in [1.29, 1.82) is 0 Å². The van der Waals surface area contributed by atoms with Crippen molar-refractivity contribution in [3.63, 3.8) is 0 Å². The Morgan fingerprint density at radius 2 is 1.94 bits per heavy atom. The van der Waals surface area contributed by atoms with Crippen molar-refractivity contribution in [3.05, 3.63) is 65.2 Å². The molecule has 1 heterocycles. The lowest BCUT2D eigenvalue weighted by atomic mass is 9.96. The Morgan fingerprint density at radius 3 is 2.59 bits per heavy atom. The van der Waals surface area contributed by atoms with E-state index in [1.54, 1.807) is 25.1 Å². The fraction of sp³-hybridized carbons (Fsp3) is 0.308. The Labute approximate surface area is 186 Å². The number of allylic oxidation sites excluding steroid dienone is 1. The molecule has 5 nitrogen and oxygen atoms in total. The van der Waals surface area contributed by atoms with Crippen LogP contribution in [0.2, 0.25) is 0 Å². The van der Waals surface area contributed by atoms with Gasteiger partial charge in [-0.05, 0) is 53.8 Å². The molecule has 0 fully saturated rings. The predicted molar refractivity (Wildman–Crippen MR) is 122 cm³/mol. The number of rotatable bonds is 8. The average molecular weight is 438 g/mol. The van der Waals surface area contributed by atoms with E-state index in [0.717, 1.165) is 27.7 Å². The van der Waals surface area contributed by atoms with Crippen molar-refractivity contribution in [1.82, 2.24) is 0 Å². The van der Waals surface area contributed by atoms with E-state index in [2.05, 4.69) is 18.6 Å². The normalized spacial score (nSPS) is 12.6. The van der Waals surface area contributed by atoms with Gasteiger partial charge in [-0.15, -0.1) is 0 Å². The first kappa shape index (κ1) is 23.4. The highest BCUT2D eigenvalue weighted by Crippen LogP contribution is 2.39. The van der Waals surface area contributed by atoms with Gasteiger partial charge in [-0.3, -0.25) is 9.59 Å². The van der Waals surface area contributed by atoms with Crippen LogP contribution in [0, 0.1) is 12.7 Å². The smallest absolute Gasteiger partial charge is 0.308 e. The topological polar surface area (TPSA) is 76.7 Å². The minimum absolute atomic E-state index is 0.214. The fourth-order valence-corrected chi connectivity index (χ4v) is 3.65. The molecule has 32 heavy (non-hydrogen) atoms. The van der Waals surface area contributed by atoms with Gasteiger partial charge in [-0.25, -0.2) is 4.39 Å². The number of ketones is 1. The number of furan rings is 1. The molecule has 0 aliphatic heterocycles. The van der Waals surface area contributed by atoms with E-state index in [-0.39, 0.29) is 30.4 Å². The summed E-state index contributed by atoms with van der Waals surface area (Å²) in [5.41, 5.74) is 3.80. The van der Waals surface area contributed by atoms with Crippen LogP contribution in [0.5, 0.6) is 0 Å². The highest BCUT2D eigenvalue weighted by molar-refractivity contribution is 6.02. The number of carbonyl (C=O) groups is 2. The van der Waals surface area contributed by atoms with E-state index in [1.807, 2.05) is 18.2 Å². The largest absolute Gasteiger partial charge is 0.469 e. The molecule has 6 heteroatoms. The van der Waals surface area contributed by atoms with Crippen molar-refractivity contribution >= 4 is 28.8 Å². The third-order valence-electron chi connectivity index (χ3n) is 5.33. The van der Waals surface area contributed by atoms with E-state index in [4.69, 9.17) is 4.42 Å². The highest BCUT2D eigenvalue weighted by atomic mass is 19.1. The Hall–Kier alpha value is -3.25. The average Bonchev–Trinajstić information content (AvgIpc) is 3.12. The second-order valence-electron chi connectivity index (χ2n) is 8.12. The number of hydrogen-bond donors (Lipinski definition) is 1. The van der Waals surface area contributed by atoms with Gasteiger partial charge in [0.2, 0.25) is 0 Å². The van der Waals surface area contributed by atoms with Gasteiger partial charge in [0.25, 0.3) is 0 Å². The highest BCUT2D eigenvalue weighted by Gasteiger charge is 2.19. The molecule has 0 saturated heterocycles. The zero-order chi connectivity index (χ0) is 23.4. The van der Waals surface area contributed by atoms with Gasteiger partial charge < -0.3 is 14.3 Å². The number of methoxy groups -OCH3 is 1. The molecule has 1 N–H and O–H groups in total. The first-order chi connectivity index (χ1) is 15.2. The minimum atomic E-state index is -1.12. The summed E-state index contributed by atoms with van der Waals surface area (Å²) >= 11 is 0. The van der Waals surface area contributed by atoms with Crippen molar-refractivity contribution < 1.29 is 28.2 Å². The SMILES string of the molecule is COC(=O)CC(O)CC(=O)C=Cc1oc2c(C(C)C)cccc2c1-c1ccc(F)c(C)c1. The molecule has 1 aromatic heterocycles. The van der Waals surface area contributed by atoms with Gasteiger partial charge in [0.15, 0.2) is 5.78 Å². The summed E-state index contributed by atoms with van der Waals surface area (Å²) in [6.45, 7) is 5.84. The Balaban J connectivity index is 2.02. The number of aryl methyl sites for hydroxylation is 1. The second-order valence-corrected chi connectivity index (χ2v) is 8.12. The summed E-state index contributed by atoms with van der Waals surface area (Å²) in [6, 6.07) is 10.7. The second kappa shape index (κ2) is 9.92. The molecule has 3 rings (SSSR count). The first-order valence-corrected chi connectivity index (χ1v) is 10.5. The summed E-state index contributed by atoms with van der Waals surface area (Å²) < 4.78 is 24.6. The van der Waals surface area contributed by atoms with Crippen LogP contribution in [0.1, 0.15) is 49.5 Å². The molecule has 1 atom stereocenters. The number of ether oxygens (including phenoxy) is 1. The van der Waals surface area contributed by atoms with Crippen LogP contribution in [0.3, 0.4) is 0 Å². The molecule has 0 saturated carbocycles. The summed E-state index contributed by atoms with van der Waals surface area (Å²) in [4.78, 5) is 23.6. The van der Waals surface area contributed by atoms with Crippen LogP contribution in [0.15, 0.2) is 46.9 Å². The van der Waals surface area contributed by atoms with Crippen LogP contribution < -0.4 is 0 Å². The van der Waals surface area contributed by atoms with Crippen LogP contribution in [0.25, 0.3) is 28.2 Å². The van der Waals surface area contributed by atoms with Crippen LogP contribution in [0.4, 0.5) is 4.39 Å². The number of aliphatic hydroxyl groups excluding tert-OH is 1. The molecule has 168 valence electrons. The summed E-state index contributed by atoms with van der Waals surface area (Å²) in [5, 5.41) is 10.8. The van der Waals surface area contributed by atoms with Gasteiger partial charge >= 0.3 is 5.97 Å². The molecule has 3 aromatic rings. The van der Waals surface area contributed by atoms with E-state index in [0.29, 0.717) is 11.3 Å². The Bertz CT molecular complexity index is 1170. The molecule has 0 aliphatic rings. The number of para-hydroxylation sites is 1. The molecule has 0 bridgehead atoms. The Kier molecular flexibility index (Phi) is 7.26. The number of carbonyl (C=O) groups excluding carboxylic acids is 2. The van der Waals surface area contributed by atoms with Crippen molar-refractivity contribution in [2.45, 2.75) is 45.6 Å². The lowest BCUT2D eigenvalue weighted by molar-refractivity contribution is -0.143. The lowest BCUT2D eigenvalue weighted by Crippen LogP contribution is -2.17. The molecular weight excluding hydrogens is 411 g/mol. The molecule has 0 radical (unpaired) electrons. The number of fused-ring (bicyclic) bond motifs is 1. The summed E-state index contributed by atoms with van der Waals surface area (Å²) in [7, 11) is 1.22. The minimum Gasteiger partial charge on any atom is -0.469 e. The number of halogens is 1. The molecule has 1 unspecified atom stereocenters. The molecule has 0 aliphatic carbocycles. The summed E-state index contributed by atoms with van der Waals surface area (Å²) in [6.07, 6.45) is 1.30. The number of hydrogen-bond acceptors (Lipinski definition) is 5. The van der Waals surface area contributed by atoms with Crippen LogP contribution in [-0.4, -0.2) is 30.1 Å². The van der Waals surface area contributed by atoms with Gasteiger partial charge in [0.1, 0.15) is 17.2 Å².